The van der Waals surface area contributed by atoms with Crippen molar-refractivity contribution in [2.45, 2.75) is 12.8 Å². The molecule has 1 aromatic heterocycles. The number of methoxy groups -OCH3 is 2. The summed E-state index contributed by atoms with van der Waals surface area (Å²) >= 11 is 5.89. The SMILES string of the molecule is COC(=O)/C=C/c1ccc(OC(=O)CCc2ncc(-c3ccc(Cl)cc3)o2)c(OC)c1. The second-order valence-electron chi connectivity index (χ2n) is 6.37. The molecule has 3 rings (SSSR count). The number of aromatic nitrogens is 1. The highest BCUT2D eigenvalue weighted by molar-refractivity contribution is 6.30. The largest absolute Gasteiger partial charge is 0.493 e. The molecule has 0 aliphatic rings. The Labute approximate surface area is 184 Å². The Bertz CT molecular complexity index is 1090. The van der Waals surface area contributed by atoms with E-state index in [4.69, 9.17) is 25.5 Å². The summed E-state index contributed by atoms with van der Waals surface area (Å²) in [7, 11) is 2.76. The molecule has 8 heteroatoms. The summed E-state index contributed by atoms with van der Waals surface area (Å²) in [6, 6.07) is 12.1. The summed E-state index contributed by atoms with van der Waals surface area (Å²) in [5.74, 6) is 0.732. The number of hydrogen-bond donors (Lipinski definition) is 0. The van der Waals surface area contributed by atoms with Gasteiger partial charge in [-0.25, -0.2) is 9.78 Å². The Hall–Kier alpha value is -3.58. The van der Waals surface area contributed by atoms with Gasteiger partial charge >= 0.3 is 11.9 Å². The monoisotopic (exact) mass is 441 g/mol. The fourth-order valence-electron chi connectivity index (χ4n) is 2.66. The maximum Gasteiger partial charge on any atom is 0.330 e. The predicted octanol–water partition coefficient (Wildman–Crippen LogP) is 4.73. The van der Waals surface area contributed by atoms with E-state index in [1.807, 2.05) is 12.1 Å². The Balaban J connectivity index is 1.59. The standard InChI is InChI=1S/C23H20ClNO6/c1-28-19-13-15(4-11-22(26)29-2)3-9-18(19)31-23(27)12-10-21-25-14-20(30-21)16-5-7-17(24)8-6-16/h3-9,11,13-14H,10,12H2,1-2H3/b11-4+. The van der Waals surface area contributed by atoms with Crippen molar-refractivity contribution < 1.29 is 28.2 Å². The van der Waals surface area contributed by atoms with Gasteiger partial charge in [-0.05, 0) is 48.0 Å². The summed E-state index contributed by atoms with van der Waals surface area (Å²) < 4.78 is 20.9. The van der Waals surface area contributed by atoms with Crippen molar-refractivity contribution in [2.75, 3.05) is 14.2 Å². The van der Waals surface area contributed by atoms with Crippen LogP contribution in [0.15, 0.2) is 59.2 Å². The number of benzene rings is 2. The first-order chi connectivity index (χ1) is 15.0. The van der Waals surface area contributed by atoms with E-state index in [1.54, 1.807) is 42.6 Å². The predicted molar refractivity (Wildman–Crippen MR) is 115 cm³/mol. The van der Waals surface area contributed by atoms with Crippen LogP contribution in [0.5, 0.6) is 11.5 Å². The van der Waals surface area contributed by atoms with Crippen molar-refractivity contribution in [3.63, 3.8) is 0 Å². The van der Waals surface area contributed by atoms with Crippen LogP contribution in [0.3, 0.4) is 0 Å². The minimum absolute atomic E-state index is 0.0771. The second kappa shape index (κ2) is 10.4. The maximum atomic E-state index is 12.3. The molecule has 31 heavy (non-hydrogen) atoms. The zero-order valence-corrected chi connectivity index (χ0v) is 17.7. The third kappa shape index (κ3) is 6.20. The number of nitrogens with zero attached hydrogens (tertiary/aromatic N) is 1. The molecule has 0 fully saturated rings. The lowest BCUT2D eigenvalue weighted by molar-refractivity contribution is -0.135. The zero-order valence-electron chi connectivity index (χ0n) is 17.0. The number of esters is 2. The van der Waals surface area contributed by atoms with Crippen molar-refractivity contribution in [1.82, 2.24) is 4.98 Å². The minimum Gasteiger partial charge on any atom is -0.493 e. The lowest BCUT2D eigenvalue weighted by Gasteiger charge is -2.09. The average molecular weight is 442 g/mol. The molecule has 0 unspecified atom stereocenters. The smallest absolute Gasteiger partial charge is 0.330 e. The van der Waals surface area contributed by atoms with E-state index in [1.165, 1.54) is 20.3 Å². The van der Waals surface area contributed by atoms with Crippen LogP contribution in [0.4, 0.5) is 0 Å². The van der Waals surface area contributed by atoms with Gasteiger partial charge in [0.2, 0.25) is 0 Å². The number of halogens is 1. The molecule has 1 heterocycles. The number of rotatable bonds is 8. The van der Waals surface area contributed by atoms with E-state index in [-0.39, 0.29) is 18.6 Å². The van der Waals surface area contributed by atoms with E-state index < -0.39 is 11.9 Å². The first kappa shape index (κ1) is 22.1. The Morgan fingerprint density at radius 1 is 1.10 bits per heavy atom. The van der Waals surface area contributed by atoms with E-state index in [2.05, 4.69) is 9.72 Å². The van der Waals surface area contributed by atoms with Crippen LogP contribution in [0.2, 0.25) is 5.02 Å². The van der Waals surface area contributed by atoms with Gasteiger partial charge in [-0.2, -0.15) is 0 Å². The number of aryl methyl sites for hydroxylation is 1. The first-order valence-corrected chi connectivity index (χ1v) is 9.71. The number of ether oxygens (including phenoxy) is 3. The third-order valence-corrected chi connectivity index (χ3v) is 4.50. The van der Waals surface area contributed by atoms with Gasteiger partial charge in [0.05, 0.1) is 26.8 Å². The highest BCUT2D eigenvalue weighted by Gasteiger charge is 2.13. The van der Waals surface area contributed by atoms with Gasteiger partial charge in [-0.3, -0.25) is 4.79 Å². The molecular formula is C23H20ClNO6. The third-order valence-electron chi connectivity index (χ3n) is 4.25. The van der Waals surface area contributed by atoms with Crippen molar-refractivity contribution in [3.8, 4) is 22.8 Å². The molecule has 0 bridgehead atoms. The maximum absolute atomic E-state index is 12.3. The van der Waals surface area contributed by atoms with Crippen molar-refractivity contribution in [1.29, 1.82) is 0 Å². The van der Waals surface area contributed by atoms with Crippen LogP contribution in [0, 0.1) is 0 Å². The summed E-state index contributed by atoms with van der Waals surface area (Å²) in [4.78, 5) is 27.7. The van der Waals surface area contributed by atoms with Gasteiger partial charge in [-0.1, -0.05) is 17.7 Å². The van der Waals surface area contributed by atoms with Gasteiger partial charge in [0, 0.05) is 23.1 Å². The van der Waals surface area contributed by atoms with E-state index >= 15 is 0 Å². The minimum atomic E-state index is -0.472. The van der Waals surface area contributed by atoms with Gasteiger partial charge in [0.1, 0.15) is 0 Å². The molecule has 0 saturated carbocycles. The summed E-state index contributed by atoms with van der Waals surface area (Å²) in [5.41, 5.74) is 1.54. The molecule has 0 atom stereocenters. The number of hydrogen-bond acceptors (Lipinski definition) is 7. The van der Waals surface area contributed by atoms with Gasteiger partial charge in [-0.15, -0.1) is 0 Å². The fraction of sp³-hybridized carbons (Fsp3) is 0.174. The molecule has 0 amide bonds. The van der Waals surface area contributed by atoms with Crippen LogP contribution in [-0.4, -0.2) is 31.1 Å². The van der Waals surface area contributed by atoms with Crippen LogP contribution < -0.4 is 9.47 Å². The lowest BCUT2D eigenvalue weighted by Crippen LogP contribution is -2.10. The zero-order chi connectivity index (χ0) is 22.2. The number of oxazole rings is 1. The second-order valence-corrected chi connectivity index (χ2v) is 6.80. The first-order valence-electron chi connectivity index (χ1n) is 9.34. The van der Waals surface area contributed by atoms with Crippen LogP contribution >= 0.6 is 11.6 Å². The number of carbonyl (C=O) groups is 2. The molecule has 0 saturated heterocycles. The summed E-state index contributed by atoms with van der Waals surface area (Å²) in [6.07, 6.45) is 4.83. The molecule has 7 nitrogen and oxygen atoms in total. The van der Waals surface area contributed by atoms with E-state index in [0.29, 0.717) is 28.0 Å². The van der Waals surface area contributed by atoms with Crippen molar-refractivity contribution in [3.05, 3.63) is 71.2 Å². The molecule has 0 radical (unpaired) electrons. The topological polar surface area (TPSA) is 87.9 Å². The average Bonchev–Trinajstić information content (AvgIpc) is 3.26. The molecule has 0 aliphatic heterocycles. The van der Waals surface area contributed by atoms with Gasteiger partial charge in [0.15, 0.2) is 23.1 Å². The fourth-order valence-corrected chi connectivity index (χ4v) is 2.79. The van der Waals surface area contributed by atoms with Crippen molar-refractivity contribution in [2.24, 2.45) is 0 Å². The van der Waals surface area contributed by atoms with Crippen LogP contribution in [0.1, 0.15) is 17.9 Å². The Kier molecular flexibility index (Phi) is 7.45. The van der Waals surface area contributed by atoms with Crippen LogP contribution in [-0.2, 0) is 20.7 Å². The molecule has 160 valence electrons. The molecule has 3 aromatic rings. The van der Waals surface area contributed by atoms with E-state index in [9.17, 15) is 9.59 Å². The molecule has 2 aromatic carbocycles. The highest BCUT2D eigenvalue weighted by atomic mass is 35.5. The molecule has 0 aliphatic carbocycles. The molecule has 0 N–H and O–H groups in total. The molecule has 0 spiro atoms. The van der Waals surface area contributed by atoms with Crippen LogP contribution in [0.25, 0.3) is 17.4 Å². The normalized spacial score (nSPS) is 10.8. The van der Waals surface area contributed by atoms with E-state index in [0.717, 1.165) is 5.56 Å². The Morgan fingerprint density at radius 2 is 1.87 bits per heavy atom. The van der Waals surface area contributed by atoms with Gasteiger partial charge < -0.3 is 18.6 Å². The highest BCUT2D eigenvalue weighted by Crippen LogP contribution is 2.29. The van der Waals surface area contributed by atoms with Gasteiger partial charge in [0.25, 0.3) is 0 Å². The number of carbonyl (C=O) groups excluding carboxylic acids is 2. The van der Waals surface area contributed by atoms with Crippen molar-refractivity contribution >= 4 is 29.6 Å². The Morgan fingerprint density at radius 3 is 2.58 bits per heavy atom. The molecular weight excluding hydrogens is 422 g/mol. The lowest BCUT2D eigenvalue weighted by atomic mass is 10.2. The summed E-state index contributed by atoms with van der Waals surface area (Å²) in [5, 5.41) is 0.634. The summed E-state index contributed by atoms with van der Waals surface area (Å²) in [6.45, 7) is 0. The quantitative estimate of drug-likeness (QED) is 0.283.